The van der Waals surface area contributed by atoms with Gasteiger partial charge in [-0.05, 0) is 151 Å². The molecule has 568 valence electrons. The van der Waals surface area contributed by atoms with Crippen molar-refractivity contribution in [2.24, 2.45) is 0 Å². The van der Waals surface area contributed by atoms with Crippen molar-refractivity contribution in [1.82, 2.24) is 4.98 Å². The highest BCUT2D eigenvalue weighted by Gasteiger charge is 2.39. The Morgan fingerprint density at radius 3 is 1.02 bits per heavy atom. The number of aryl methyl sites for hydroxylation is 4. The van der Waals surface area contributed by atoms with Crippen LogP contribution in [-0.4, -0.2) is 68.3 Å². The van der Waals surface area contributed by atoms with E-state index < -0.39 is 93.8 Å². The molecule has 3 aliphatic rings. The Morgan fingerprint density at radius 2 is 0.645 bits per heavy atom. The monoisotopic (exact) mass is 1530 g/mol. The van der Waals surface area contributed by atoms with Gasteiger partial charge in [-0.3, -0.25) is 19.2 Å². The second-order valence-electron chi connectivity index (χ2n) is 23.4. The molecule has 1 aromatic heterocycles. The second-order valence-corrected chi connectivity index (χ2v) is 23.4. The zero-order valence-electron chi connectivity index (χ0n) is 55.1. The topological polar surface area (TPSA) is 188 Å². The summed E-state index contributed by atoms with van der Waals surface area (Å²) in [5, 5.41) is 11.4. The number of aromatic amines is 1. The Kier molecular flexibility index (Phi) is 25.5. The lowest BCUT2D eigenvalue weighted by Crippen LogP contribution is -2.17. The van der Waals surface area contributed by atoms with Crippen LogP contribution in [-0.2, 0) is 75.7 Å². The van der Waals surface area contributed by atoms with Crippen LogP contribution in [0.3, 0.4) is 0 Å². The van der Waals surface area contributed by atoms with Crippen molar-refractivity contribution in [2.75, 3.05) is 60.9 Å². The largest absolute Gasteiger partial charge is 0.486 e. The quantitative estimate of drug-likeness (QED) is 0.0583. The molecule has 0 fully saturated rings. The number of amides is 4. The van der Waals surface area contributed by atoms with E-state index in [-0.39, 0.29) is 91.5 Å². The van der Waals surface area contributed by atoms with E-state index in [1.807, 2.05) is 12.1 Å². The molecule has 4 heterocycles. The molecule has 4 amide bonds. The number of H-pyrrole nitrogens is 1. The third-order valence-electron chi connectivity index (χ3n) is 15.8. The number of benzene rings is 8. The Balaban J connectivity index is 0.000000165. The van der Waals surface area contributed by atoms with E-state index in [0.29, 0.717) is 121 Å². The van der Waals surface area contributed by atoms with Gasteiger partial charge in [-0.15, -0.1) is 0 Å². The Bertz CT molecular complexity index is 4670. The molecule has 34 heteroatoms. The van der Waals surface area contributed by atoms with Crippen LogP contribution >= 0.6 is 0 Å². The molecule has 15 nitrogen and oxygen atoms in total. The van der Waals surface area contributed by atoms with Crippen LogP contribution < -0.4 is 49.7 Å². The van der Waals surface area contributed by atoms with E-state index >= 15 is 0 Å². The molecule has 0 saturated carbocycles. The minimum Gasteiger partial charge on any atom is -0.486 e. The van der Waals surface area contributed by atoms with Gasteiger partial charge in [-0.2, -0.15) is 65.9 Å². The maximum absolute atomic E-state index is 13.8. The molecule has 0 bridgehead atoms. The van der Waals surface area contributed by atoms with E-state index in [1.165, 1.54) is 6.07 Å². The molecule has 8 aromatic carbocycles. The van der Waals surface area contributed by atoms with Gasteiger partial charge >= 0.3 is 30.9 Å². The number of carbonyl (C=O) groups excluding carboxylic acids is 4. The number of hydrogen-bond acceptors (Lipinski definition) is 10. The van der Waals surface area contributed by atoms with Crippen molar-refractivity contribution in [2.45, 2.75) is 82.2 Å². The zero-order valence-corrected chi connectivity index (χ0v) is 55.1. The van der Waals surface area contributed by atoms with Gasteiger partial charge in [0.2, 0.25) is 23.6 Å². The van der Waals surface area contributed by atoms with Crippen LogP contribution in [0.25, 0.3) is 10.9 Å². The van der Waals surface area contributed by atoms with Crippen LogP contribution in [0, 0.1) is 23.3 Å². The fourth-order valence-electron chi connectivity index (χ4n) is 10.5. The Labute approximate surface area is 594 Å². The van der Waals surface area contributed by atoms with Crippen molar-refractivity contribution in [3.8, 4) is 34.5 Å². The smallest absolute Gasteiger partial charge is 0.419 e. The van der Waals surface area contributed by atoms with E-state index in [0.717, 1.165) is 47.3 Å². The lowest BCUT2D eigenvalue weighted by molar-refractivity contribution is -0.144. The highest BCUT2D eigenvalue weighted by molar-refractivity contribution is 5.94. The van der Waals surface area contributed by atoms with Gasteiger partial charge in [0.15, 0.2) is 46.1 Å². The van der Waals surface area contributed by atoms with Crippen molar-refractivity contribution in [3.05, 3.63) is 225 Å². The molecule has 0 radical (unpaired) electrons. The molecule has 0 unspecified atom stereocenters. The second kappa shape index (κ2) is 34.3. The predicted octanol–water partition coefficient (Wildman–Crippen LogP) is 18.5. The van der Waals surface area contributed by atoms with Gasteiger partial charge in [0, 0.05) is 83.7 Å². The molecule has 0 aliphatic carbocycles. The molecular formula is C73H58F19N5O10. The number of aromatic nitrogens is 1. The number of hydrogen-bond donors (Lipinski definition) is 5. The summed E-state index contributed by atoms with van der Waals surface area (Å²) in [7, 11) is 0. The van der Waals surface area contributed by atoms with E-state index in [4.69, 9.17) is 28.4 Å². The van der Waals surface area contributed by atoms with Crippen molar-refractivity contribution in [1.29, 1.82) is 0 Å². The summed E-state index contributed by atoms with van der Waals surface area (Å²) >= 11 is 0. The number of rotatable bonds is 16. The molecule has 0 spiro atoms. The minimum absolute atomic E-state index is 0.0135. The van der Waals surface area contributed by atoms with E-state index in [2.05, 4.69) is 26.3 Å². The van der Waals surface area contributed by atoms with Gasteiger partial charge < -0.3 is 54.7 Å². The Hall–Kier alpha value is -11.4. The number of carbonyl (C=O) groups is 4. The first kappa shape index (κ1) is 79.8. The van der Waals surface area contributed by atoms with Crippen LogP contribution in [0.15, 0.2) is 152 Å². The van der Waals surface area contributed by atoms with E-state index in [9.17, 15) is 103 Å². The summed E-state index contributed by atoms with van der Waals surface area (Å²) in [6, 6.07) is 28.9. The number of nitrogens with one attached hydrogen (secondary N) is 5. The first-order valence-electron chi connectivity index (χ1n) is 31.9. The van der Waals surface area contributed by atoms with Crippen molar-refractivity contribution >= 4 is 57.3 Å². The molecular weight excluding hydrogens is 1470 g/mol. The molecule has 5 N–H and O–H groups in total. The standard InChI is InChI=1S/C19H15F6NO3.C18H14F5NO3.C18H14F4N2O.C18H15F4NO3/c20-18(21,22)12-3-1-11(14(9-12)19(23,24)25)2-6-17(27)26-13-4-5-15-16(10-13)29-8-7-28-15;19-16-10(1-4-12(17(16)20)18(21,22)23)2-6-15(25)24-11-3-5-13-14(9-11)27-8-7-26-13;19-15-10-13(18(20,21)22)3-1-11(15)2-6-17(25)24-14-4-5-16-12(9-14)7-8-23-16;19-14-9-12(18(20,21)22)3-1-11(14)2-6-17(24)23-13-4-5-15-16(10-13)26-8-7-25-15/h1,3-5,9-10H,2,6-8H2,(H,26,27);1,3-5,9H,2,6-8H2,(H,24,25);1,3-5,7-10,23H,2,6H2,(H,24,25);1,3-5,9-10H,2,6-8H2,(H,23,24). The fourth-order valence-corrected chi connectivity index (χ4v) is 10.5. The average molecular weight is 1530 g/mol. The normalized spacial score (nSPS) is 13.1. The fraction of sp³-hybridized carbons (Fsp3) is 0.260. The van der Waals surface area contributed by atoms with E-state index in [1.54, 1.807) is 66.9 Å². The van der Waals surface area contributed by atoms with Gasteiger partial charge in [0.1, 0.15) is 51.3 Å². The number of anilines is 4. The summed E-state index contributed by atoms with van der Waals surface area (Å²) in [6.07, 6.45) is -23.6. The van der Waals surface area contributed by atoms with Crippen LogP contribution in [0.5, 0.6) is 34.5 Å². The zero-order chi connectivity index (χ0) is 77.6. The molecule has 0 saturated heterocycles. The van der Waals surface area contributed by atoms with Crippen molar-refractivity contribution < 1.29 is 131 Å². The molecule has 9 aromatic rings. The van der Waals surface area contributed by atoms with Crippen LogP contribution in [0.1, 0.15) is 75.8 Å². The highest BCUT2D eigenvalue weighted by atomic mass is 19.4. The number of fused-ring (bicyclic) bond motifs is 4. The first-order valence-corrected chi connectivity index (χ1v) is 31.9. The Morgan fingerprint density at radius 1 is 0.318 bits per heavy atom. The minimum atomic E-state index is -4.99. The summed E-state index contributed by atoms with van der Waals surface area (Å²) in [4.78, 5) is 51.1. The lowest BCUT2D eigenvalue weighted by Gasteiger charge is -2.19. The molecule has 107 heavy (non-hydrogen) atoms. The summed E-state index contributed by atoms with van der Waals surface area (Å²) < 4.78 is 278. The average Bonchev–Trinajstić information content (AvgIpc) is 1.66. The number of halogens is 19. The van der Waals surface area contributed by atoms with Crippen molar-refractivity contribution in [3.63, 3.8) is 0 Å². The molecule has 12 rings (SSSR count). The maximum atomic E-state index is 13.8. The van der Waals surface area contributed by atoms with Gasteiger partial charge in [0.05, 0.1) is 27.8 Å². The summed E-state index contributed by atoms with van der Waals surface area (Å²) in [6.45, 7) is 2.41. The lowest BCUT2D eigenvalue weighted by atomic mass is 9.99. The summed E-state index contributed by atoms with van der Waals surface area (Å²) in [5.74, 6) is -4.28. The third kappa shape index (κ3) is 22.6. The van der Waals surface area contributed by atoms with Gasteiger partial charge in [0.25, 0.3) is 0 Å². The molecule has 0 atom stereocenters. The SMILES string of the molecule is O=C(CCc1ccc(C(F)(F)F)c(F)c1F)Nc1ccc2c(c1)OCCO2.O=C(CCc1ccc(C(F)(F)F)cc1C(F)(F)F)Nc1ccc2c(c1)OCCO2.O=C(CCc1ccc(C(F)(F)F)cc1F)Nc1ccc2[nH]ccc2c1.O=C(CCc1ccc(C(F)(F)F)cc1F)Nc1ccc2c(c1)OCCO2. The van der Waals surface area contributed by atoms with Gasteiger partial charge in [-0.25, -0.2) is 17.6 Å². The third-order valence-corrected chi connectivity index (χ3v) is 15.8. The maximum Gasteiger partial charge on any atom is 0.419 e. The number of ether oxygens (including phenoxy) is 6. The van der Waals surface area contributed by atoms with Crippen LogP contribution in [0.2, 0.25) is 0 Å². The van der Waals surface area contributed by atoms with Gasteiger partial charge in [-0.1, -0.05) is 24.3 Å². The molecule has 3 aliphatic heterocycles. The highest BCUT2D eigenvalue weighted by Crippen LogP contribution is 2.41. The predicted molar refractivity (Wildman–Crippen MR) is 349 cm³/mol. The number of alkyl halides is 15. The first-order chi connectivity index (χ1) is 50.4. The van der Waals surface area contributed by atoms with Crippen LogP contribution in [0.4, 0.5) is 106 Å². The summed E-state index contributed by atoms with van der Waals surface area (Å²) in [5.41, 5.74) is -4.33.